The van der Waals surface area contributed by atoms with Crippen LogP contribution in [0.25, 0.3) is 22.8 Å². The molecule has 2 aromatic heterocycles. The van der Waals surface area contributed by atoms with Crippen LogP contribution in [0.15, 0.2) is 97.1 Å². The second kappa shape index (κ2) is 19.0. The van der Waals surface area contributed by atoms with Crippen molar-refractivity contribution in [2.75, 3.05) is 75.2 Å². The Morgan fingerprint density at radius 2 is 1.09 bits per heavy atom. The number of nitriles is 2. The van der Waals surface area contributed by atoms with Gasteiger partial charge in [0, 0.05) is 105 Å². The van der Waals surface area contributed by atoms with E-state index < -0.39 is 0 Å². The number of piperazine rings is 2. The first kappa shape index (κ1) is 39.0. The van der Waals surface area contributed by atoms with Crippen molar-refractivity contribution in [3.63, 3.8) is 0 Å². The van der Waals surface area contributed by atoms with Crippen molar-refractivity contribution in [3.8, 4) is 34.9 Å². The lowest BCUT2D eigenvalue weighted by Crippen LogP contribution is -2.47. The van der Waals surface area contributed by atoms with Crippen molar-refractivity contribution in [2.45, 2.75) is 12.8 Å². The SMILES string of the molecule is N#Cc1ccc(-c2nsc(N3CCN(CCc4ccc(Cl)cc4)CC3)n2)cc1.N#Cc1cccc(-c2nsc(N3CCN(CCc4ccc(F)cc4)CC3)n2)c1. The highest BCUT2D eigenvalue weighted by atomic mass is 35.5. The fourth-order valence-electron chi connectivity index (χ4n) is 6.55. The molecule has 0 bridgehead atoms. The molecule has 0 saturated carbocycles. The Morgan fingerprint density at radius 3 is 1.61 bits per heavy atom. The van der Waals surface area contributed by atoms with E-state index in [1.807, 2.05) is 54.6 Å². The number of anilines is 2. The first-order valence-corrected chi connectivity index (χ1v) is 20.5. The maximum absolute atomic E-state index is 13.0. The fraction of sp³-hybridized carbons (Fsp3) is 0.286. The molecule has 0 amide bonds. The van der Waals surface area contributed by atoms with Crippen LogP contribution in [-0.4, -0.2) is 94.0 Å². The number of aromatic nitrogens is 4. The fourth-order valence-corrected chi connectivity index (χ4v) is 8.15. The maximum atomic E-state index is 13.0. The van der Waals surface area contributed by atoms with Gasteiger partial charge in [-0.2, -0.15) is 29.2 Å². The lowest BCUT2D eigenvalue weighted by atomic mass is 10.1. The quantitative estimate of drug-likeness (QED) is 0.137. The minimum Gasteiger partial charge on any atom is -0.344 e. The van der Waals surface area contributed by atoms with Gasteiger partial charge in [-0.1, -0.05) is 48.0 Å². The van der Waals surface area contributed by atoms with Gasteiger partial charge < -0.3 is 9.80 Å². The standard InChI is InChI=1S/C21H20ClN5S.C21H20FN5S/c22-19-7-3-16(4-8-19)9-10-26-11-13-27(14-12-26)21-24-20(25-28-21)18-5-1-17(15-23)2-6-18;22-19-6-4-16(5-7-19)8-9-26-10-12-27(13-11-26)21-24-20(25-28-21)18-3-1-2-17(14-18)15-23/h1-8H,9-14H2;1-7,14H,8-13H2. The van der Waals surface area contributed by atoms with Crippen molar-refractivity contribution in [1.29, 1.82) is 10.5 Å². The summed E-state index contributed by atoms with van der Waals surface area (Å²) in [6.45, 7) is 9.78. The summed E-state index contributed by atoms with van der Waals surface area (Å²) in [5, 5.41) is 20.6. The van der Waals surface area contributed by atoms with Gasteiger partial charge in [0.1, 0.15) is 5.82 Å². The third-order valence-electron chi connectivity index (χ3n) is 9.90. The van der Waals surface area contributed by atoms with E-state index in [9.17, 15) is 4.39 Å². The third kappa shape index (κ3) is 10.5. The summed E-state index contributed by atoms with van der Waals surface area (Å²) in [5.74, 6) is 1.22. The van der Waals surface area contributed by atoms with E-state index >= 15 is 0 Å². The highest BCUT2D eigenvalue weighted by molar-refractivity contribution is 7.10. The average molecular weight is 803 g/mol. The summed E-state index contributed by atoms with van der Waals surface area (Å²) in [6.07, 6.45) is 1.97. The molecule has 0 spiro atoms. The number of benzene rings is 4. The molecule has 4 aromatic carbocycles. The molecule has 2 fully saturated rings. The lowest BCUT2D eigenvalue weighted by molar-refractivity contribution is 0.261. The third-order valence-corrected chi connectivity index (χ3v) is 11.7. The van der Waals surface area contributed by atoms with Crippen LogP contribution < -0.4 is 9.80 Å². The van der Waals surface area contributed by atoms with Gasteiger partial charge in [-0.25, -0.2) is 4.39 Å². The van der Waals surface area contributed by atoms with Gasteiger partial charge in [0.15, 0.2) is 11.6 Å². The van der Waals surface area contributed by atoms with Gasteiger partial charge in [0.2, 0.25) is 10.3 Å². The summed E-state index contributed by atoms with van der Waals surface area (Å²) >= 11 is 8.80. The van der Waals surface area contributed by atoms with Crippen LogP contribution in [-0.2, 0) is 12.8 Å². The molecule has 8 rings (SSSR count). The van der Waals surface area contributed by atoms with E-state index in [0.717, 1.165) is 116 Å². The Bertz CT molecular complexity index is 2250. The summed E-state index contributed by atoms with van der Waals surface area (Å²) in [6, 6.07) is 33.9. The van der Waals surface area contributed by atoms with Gasteiger partial charge in [0.05, 0.1) is 23.3 Å². The molecule has 4 heterocycles. The zero-order chi connectivity index (χ0) is 38.7. The number of hydrogen-bond acceptors (Lipinski definition) is 12. The van der Waals surface area contributed by atoms with Gasteiger partial charge in [0.25, 0.3) is 0 Å². The molecule has 0 N–H and O–H groups in total. The predicted octanol–water partition coefficient (Wildman–Crippen LogP) is 7.68. The maximum Gasteiger partial charge on any atom is 0.205 e. The molecule has 14 heteroatoms. The summed E-state index contributed by atoms with van der Waals surface area (Å²) < 4.78 is 22.0. The second-order valence-electron chi connectivity index (χ2n) is 13.6. The number of hydrogen-bond donors (Lipinski definition) is 0. The van der Waals surface area contributed by atoms with E-state index in [4.69, 9.17) is 27.1 Å². The van der Waals surface area contributed by atoms with Crippen molar-refractivity contribution in [1.82, 2.24) is 28.5 Å². The van der Waals surface area contributed by atoms with Crippen LogP contribution in [0.1, 0.15) is 22.3 Å². The normalized spacial score (nSPS) is 14.8. The molecule has 0 atom stereocenters. The van der Waals surface area contributed by atoms with Gasteiger partial charge >= 0.3 is 0 Å². The Kier molecular flexibility index (Phi) is 13.3. The minimum atomic E-state index is -0.187. The number of nitrogens with zero attached hydrogens (tertiary/aromatic N) is 10. The van der Waals surface area contributed by atoms with Crippen molar-refractivity contribution in [3.05, 3.63) is 130 Å². The molecule has 0 unspecified atom stereocenters. The topological polar surface area (TPSA) is 112 Å². The summed E-state index contributed by atoms with van der Waals surface area (Å²) in [4.78, 5) is 18.9. The molecule has 6 aromatic rings. The lowest BCUT2D eigenvalue weighted by Gasteiger charge is -2.34. The van der Waals surface area contributed by atoms with Crippen LogP contribution in [0.5, 0.6) is 0 Å². The highest BCUT2D eigenvalue weighted by Crippen LogP contribution is 2.27. The highest BCUT2D eigenvalue weighted by Gasteiger charge is 2.22. The molecule has 2 aliphatic rings. The Balaban J connectivity index is 0.000000172. The largest absolute Gasteiger partial charge is 0.344 e. The van der Waals surface area contributed by atoms with E-state index in [2.05, 4.69) is 57.6 Å². The monoisotopic (exact) mass is 802 g/mol. The van der Waals surface area contributed by atoms with Crippen LogP contribution in [0.2, 0.25) is 5.02 Å². The van der Waals surface area contributed by atoms with Crippen molar-refractivity contribution < 1.29 is 4.39 Å². The minimum absolute atomic E-state index is 0.187. The molecule has 2 aliphatic heterocycles. The van der Waals surface area contributed by atoms with Gasteiger partial charge in [-0.3, -0.25) is 9.80 Å². The second-order valence-corrected chi connectivity index (χ2v) is 15.5. The van der Waals surface area contributed by atoms with Gasteiger partial charge in [-0.05, 0) is 84.6 Å². The molecule has 2 saturated heterocycles. The average Bonchev–Trinajstić information content (AvgIpc) is 3.96. The van der Waals surface area contributed by atoms with Crippen LogP contribution >= 0.6 is 34.7 Å². The first-order valence-electron chi connectivity index (χ1n) is 18.5. The molecular weight excluding hydrogens is 763 g/mol. The molecule has 10 nitrogen and oxygen atoms in total. The van der Waals surface area contributed by atoms with Crippen molar-refractivity contribution >= 4 is 44.9 Å². The molecule has 56 heavy (non-hydrogen) atoms. The first-order chi connectivity index (χ1) is 27.4. The molecular formula is C42H40ClFN10S2. The molecule has 284 valence electrons. The Hall–Kier alpha value is -5.28. The predicted molar refractivity (Wildman–Crippen MR) is 223 cm³/mol. The summed E-state index contributed by atoms with van der Waals surface area (Å²) in [5.41, 5.74) is 5.57. The van der Waals surface area contributed by atoms with Crippen molar-refractivity contribution in [2.24, 2.45) is 0 Å². The number of rotatable bonds is 10. The van der Waals surface area contributed by atoms with E-state index in [1.165, 1.54) is 40.8 Å². The Labute approximate surface area is 340 Å². The summed E-state index contributed by atoms with van der Waals surface area (Å²) in [7, 11) is 0. The zero-order valence-electron chi connectivity index (χ0n) is 30.8. The van der Waals surface area contributed by atoms with E-state index in [-0.39, 0.29) is 5.82 Å². The van der Waals surface area contributed by atoms with Crippen LogP contribution in [0.4, 0.5) is 14.7 Å². The van der Waals surface area contributed by atoms with E-state index in [1.54, 1.807) is 18.2 Å². The van der Waals surface area contributed by atoms with E-state index in [0.29, 0.717) is 17.0 Å². The smallest absolute Gasteiger partial charge is 0.205 e. The molecule has 0 aliphatic carbocycles. The Morgan fingerprint density at radius 1 is 0.589 bits per heavy atom. The van der Waals surface area contributed by atoms with Crippen LogP contribution in [0, 0.1) is 28.5 Å². The zero-order valence-corrected chi connectivity index (χ0v) is 33.2. The molecule has 0 radical (unpaired) electrons. The number of halogens is 2. The van der Waals surface area contributed by atoms with Crippen LogP contribution in [0.3, 0.4) is 0 Å². The van der Waals surface area contributed by atoms with Gasteiger partial charge in [-0.15, -0.1) is 0 Å².